The topological polar surface area (TPSA) is 69.9 Å². The zero-order valence-corrected chi connectivity index (χ0v) is 11.5. The van der Waals surface area contributed by atoms with Crippen LogP contribution in [-0.4, -0.2) is 21.3 Å². The molecule has 2 heterocycles. The summed E-state index contributed by atoms with van der Waals surface area (Å²) < 4.78 is 12.2. The predicted octanol–water partition coefficient (Wildman–Crippen LogP) is 2.34. The van der Waals surface area contributed by atoms with Crippen LogP contribution in [0.15, 0.2) is 36.7 Å². The summed E-state index contributed by atoms with van der Waals surface area (Å²) >= 11 is 0. The van der Waals surface area contributed by atoms with E-state index in [1.165, 1.54) is 13.8 Å². The van der Waals surface area contributed by atoms with Crippen LogP contribution in [0, 0.1) is 0 Å². The van der Waals surface area contributed by atoms with Gasteiger partial charge in [-0.3, -0.25) is 9.59 Å². The van der Waals surface area contributed by atoms with Crippen molar-refractivity contribution in [2.24, 2.45) is 0 Å². The number of nitrogens with zero attached hydrogens (tertiary/aromatic N) is 2. The van der Waals surface area contributed by atoms with Gasteiger partial charge in [-0.25, -0.2) is 4.98 Å². The minimum atomic E-state index is -0.439. The third kappa shape index (κ3) is 2.31. The highest BCUT2D eigenvalue weighted by Crippen LogP contribution is 2.32. The third-order valence-electron chi connectivity index (χ3n) is 2.93. The Morgan fingerprint density at radius 1 is 1.05 bits per heavy atom. The molecule has 0 fully saturated rings. The van der Waals surface area contributed by atoms with E-state index in [2.05, 4.69) is 4.98 Å². The predicted molar refractivity (Wildman–Crippen MR) is 75.3 cm³/mol. The first-order valence-corrected chi connectivity index (χ1v) is 6.32. The molecule has 6 nitrogen and oxygen atoms in total. The van der Waals surface area contributed by atoms with Gasteiger partial charge in [0, 0.05) is 20.0 Å². The van der Waals surface area contributed by atoms with Crippen LogP contribution in [0.5, 0.6) is 11.5 Å². The van der Waals surface area contributed by atoms with E-state index in [4.69, 9.17) is 9.47 Å². The number of rotatable bonds is 2. The molecule has 2 aromatic heterocycles. The van der Waals surface area contributed by atoms with Crippen LogP contribution in [0.1, 0.15) is 13.8 Å². The van der Waals surface area contributed by atoms with Gasteiger partial charge in [0.25, 0.3) is 0 Å². The van der Waals surface area contributed by atoms with Gasteiger partial charge in [0.2, 0.25) is 0 Å². The Hall–Kier alpha value is -2.89. The molecule has 21 heavy (non-hydrogen) atoms. The summed E-state index contributed by atoms with van der Waals surface area (Å²) in [6.45, 7) is 2.65. The summed E-state index contributed by atoms with van der Waals surface area (Å²) in [6.07, 6.45) is 3.48. The summed E-state index contributed by atoms with van der Waals surface area (Å²) in [7, 11) is 0. The highest BCUT2D eigenvalue weighted by Gasteiger charge is 2.15. The lowest BCUT2D eigenvalue weighted by atomic mass is 10.2. The Morgan fingerprint density at radius 2 is 1.71 bits per heavy atom. The second kappa shape index (κ2) is 4.90. The zero-order chi connectivity index (χ0) is 15.0. The van der Waals surface area contributed by atoms with E-state index in [0.29, 0.717) is 22.5 Å². The van der Waals surface area contributed by atoms with E-state index in [1.54, 1.807) is 18.3 Å². The molecule has 0 aliphatic heterocycles. The third-order valence-corrected chi connectivity index (χ3v) is 2.93. The minimum Gasteiger partial charge on any atom is -0.424 e. The molecule has 106 valence electrons. The Morgan fingerprint density at radius 3 is 2.43 bits per heavy atom. The summed E-state index contributed by atoms with van der Waals surface area (Å²) in [5.74, 6) is -0.182. The van der Waals surface area contributed by atoms with Gasteiger partial charge in [0.1, 0.15) is 11.0 Å². The van der Waals surface area contributed by atoms with Gasteiger partial charge >= 0.3 is 11.9 Å². The number of carbonyl (C=O) groups excluding carboxylic acids is 2. The normalized spacial score (nSPS) is 10.8. The van der Waals surface area contributed by atoms with Gasteiger partial charge in [-0.2, -0.15) is 0 Å². The number of carbonyl (C=O) groups is 2. The van der Waals surface area contributed by atoms with Gasteiger partial charge in [-0.05, 0) is 24.3 Å². The Kier molecular flexibility index (Phi) is 3.06. The van der Waals surface area contributed by atoms with Crippen molar-refractivity contribution in [3.05, 3.63) is 36.7 Å². The lowest BCUT2D eigenvalue weighted by molar-refractivity contribution is -0.132. The van der Waals surface area contributed by atoms with Crippen molar-refractivity contribution in [1.29, 1.82) is 0 Å². The highest BCUT2D eigenvalue weighted by molar-refractivity contribution is 5.92. The molecule has 0 aliphatic carbocycles. The molecule has 1 aromatic carbocycles. The van der Waals surface area contributed by atoms with E-state index in [0.717, 1.165) is 5.52 Å². The molecular weight excluding hydrogens is 272 g/mol. The number of hydrogen-bond acceptors (Lipinski definition) is 5. The molecule has 0 amide bonds. The Balaban J connectivity index is 2.35. The molecule has 0 aliphatic rings. The maximum atomic E-state index is 11.3. The molecule has 0 radical (unpaired) electrons. The van der Waals surface area contributed by atoms with Crippen molar-refractivity contribution >= 4 is 28.5 Å². The van der Waals surface area contributed by atoms with Crippen molar-refractivity contribution in [2.45, 2.75) is 13.8 Å². The molecule has 0 saturated heterocycles. The summed E-state index contributed by atoms with van der Waals surface area (Å²) in [4.78, 5) is 26.8. The molecular formula is C15H12N2O4. The van der Waals surface area contributed by atoms with Crippen LogP contribution < -0.4 is 9.47 Å². The van der Waals surface area contributed by atoms with Crippen LogP contribution in [0.25, 0.3) is 16.6 Å². The fourth-order valence-electron chi connectivity index (χ4n) is 2.21. The second-order valence-corrected chi connectivity index (χ2v) is 4.51. The van der Waals surface area contributed by atoms with Crippen molar-refractivity contribution in [3.8, 4) is 11.5 Å². The lowest BCUT2D eigenvalue weighted by Gasteiger charge is -2.11. The van der Waals surface area contributed by atoms with E-state index in [9.17, 15) is 9.59 Å². The zero-order valence-electron chi connectivity index (χ0n) is 11.5. The minimum absolute atomic E-state index is 0.323. The van der Waals surface area contributed by atoms with Gasteiger partial charge in [-0.1, -0.05) is 0 Å². The van der Waals surface area contributed by atoms with Gasteiger partial charge in [-0.15, -0.1) is 0 Å². The molecule has 3 aromatic rings. The summed E-state index contributed by atoms with van der Waals surface area (Å²) in [5.41, 5.74) is 1.87. The number of aromatic nitrogens is 2. The first kappa shape index (κ1) is 13.1. The van der Waals surface area contributed by atoms with Gasteiger partial charge in [0.15, 0.2) is 11.5 Å². The highest BCUT2D eigenvalue weighted by atomic mass is 16.5. The average molecular weight is 284 g/mol. The number of fused-ring (bicyclic) bond motifs is 3. The average Bonchev–Trinajstić information content (AvgIpc) is 2.88. The van der Waals surface area contributed by atoms with E-state index < -0.39 is 11.9 Å². The van der Waals surface area contributed by atoms with Crippen molar-refractivity contribution in [1.82, 2.24) is 9.38 Å². The molecule has 3 rings (SSSR count). The monoisotopic (exact) mass is 284 g/mol. The van der Waals surface area contributed by atoms with E-state index >= 15 is 0 Å². The van der Waals surface area contributed by atoms with E-state index in [-0.39, 0.29) is 0 Å². The second-order valence-electron chi connectivity index (χ2n) is 4.51. The van der Waals surface area contributed by atoms with E-state index in [1.807, 2.05) is 22.7 Å². The largest absolute Gasteiger partial charge is 0.424 e. The molecule has 0 bridgehead atoms. The van der Waals surface area contributed by atoms with Gasteiger partial charge < -0.3 is 13.9 Å². The van der Waals surface area contributed by atoms with Crippen molar-refractivity contribution < 1.29 is 19.1 Å². The molecule has 6 heteroatoms. The molecule has 0 atom stereocenters. The fraction of sp³-hybridized carbons (Fsp3) is 0.133. The van der Waals surface area contributed by atoms with Crippen LogP contribution in [0.4, 0.5) is 0 Å². The van der Waals surface area contributed by atoms with Gasteiger partial charge in [0.05, 0.1) is 11.7 Å². The smallest absolute Gasteiger partial charge is 0.308 e. The Labute approximate surface area is 119 Å². The summed E-state index contributed by atoms with van der Waals surface area (Å²) in [5, 5.41) is 0. The maximum Gasteiger partial charge on any atom is 0.308 e. The quantitative estimate of drug-likeness (QED) is 0.533. The summed E-state index contributed by atoms with van der Waals surface area (Å²) in [6, 6.07) is 6.88. The molecule has 0 spiro atoms. The number of hydrogen-bond donors (Lipinski definition) is 0. The van der Waals surface area contributed by atoms with Crippen LogP contribution in [0.3, 0.4) is 0 Å². The first-order valence-electron chi connectivity index (χ1n) is 6.32. The number of benzene rings is 1. The first-order chi connectivity index (χ1) is 10.1. The molecule has 0 N–H and O–H groups in total. The van der Waals surface area contributed by atoms with Crippen LogP contribution in [0.2, 0.25) is 0 Å². The molecule has 0 unspecified atom stereocenters. The maximum absolute atomic E-state index is 11.3. The van der Waals surface area contributed by atoms with Crippen molar-refractivity contribution in [2.75, 3.05) is 0 Å². The Bertz CT molecular complexity index is 867. The number of ether oxygens (including phenoxy) is 2. The molecule has 0 saturated carbocycles. The standard InChI is InChI=1S/C15H12N2O4/c1-9(18)20-12-5-6-13(21-10(2)19)15-14(12)16-8-11-4-3-7-17(11)15/h3-8H,1-2H3. The fourth-order valence-corrected chi connectivity index (χ4v) is 2.21. The van der Waals surface area contributed by atoms with Crippen LogP contribution in [-0.2, 0) is 9.59 Å². The van der Waals surface area contributed by atoms with Crippen molar-refractivity contribution in [3.63, 3.8) is 0 Å². The SMILES string of the molecule is CC(=O)Oc1ccc(OC(C)=O)c2c1ncc1cccn12. The lowest BCUT2D eigenvalue weighted by Crippen LogP contribution is -2.06. The number of esters is 2. The van der Waals surface area contributed by atoms with Crippen LogP contribution >= 0.6 is 0 Å².